The predicted molar refractivity (Wildman–Crippen MR) is 115 cm³/mol. The Morgan fingerprint density at radius 3 is 2.19 bits per heavy atom. The van der Waals surface area contributed by atoms with Crippen molar-refractivity contribution in [2.75, 3.05) is 6.54 Å². The normalized spacial score (nSPS) is 15.8. The van der Waals surface area contributed by atoms with Crippen LogP contribution < -0.4 is 14.8 Å². The number of halogens is 3. The summed E-state index contributed by atoms with van der Waals surface area (Å²) in [5.41, 5.74) is 1.62. The van der Waals surface area contributed by atoms with Gasteiger partial charge in [-0.2, -0.15) is 0 Å². The van der Waals surface area contributed by atoms with Crippen LogP contribution in [0, 0.1) is 5.92 Å². The first-order valence-corrected chi connectivity index (χ1v) is 10.5. The van der Waals surface area contributed by atoms with Crippen LogP contribution in [0.2, 0.25) is 0 Å². The van der Waals surface area contributed by atoms with Crippen molar-refractivity contribution in [1.29, 1.82) is 0 Å². The van der Waals surface area contributed by atoms with Crippen LogP contribution in [0.5, 0.6) is 17.2 Å². The monoisotopic (exact) mass is 443 g/mol. The fourth-order valence-corrected chi connectivity index (χ4v) is 3.56. The standard InChI is InChI=1S/C25H24F3NO3/c26-25(27,28)32-21-13-11-18(12-14-21)24(29-16-23(30)17-9-10-17)19-5-4-8-22(15-19)31-20-6-2-1-3-7-20/h1-8,11-15,17,23-24,29-30H,9-10,16H2. The maximum atomic E-state index is 12.5. The Morgan fingerprint density at radius 1 is 0.844 bits per heavy atom. The zero-order valence-electron chi connectivity index (χ0n) is 17.3. The van der Waals surface area contributed by atoms with Crippen LogP contribution in [0.1, 0.15) is 30.0 Å². The number of ether oxygens (including phenoxy) is 2. The van der Waals surface area contributed by atoms with Gasteiger partial charge < -0.3 is 19.9 Å². The molecule has 0 amide bonds. The lowest BCUT2D eigenvalue weighted by molar-refractivity contribution is -0.274. The van der Waals surface area contributed by atoms with E-state index in [0.717, 1.165) is 24.0 Å². The van der Waals surface area contributed by atoms with Crippen LogP contribution >= 0.6 is 0 Å². The van der Waals surface area contributed by atoms with Crippen LogP contribution in [-0.2, 0) is 0 Å². The summed E-state index contributed by atoms with van der Waals surface area (Å²) >= 11 is 0. The summed E-state index contributed by atoms with van der Waals surface area (Å²) in [7, 11) is 0. The summed E-state index contributed by atoms with van der Waals surface area (Å²) in [4.78, 5) is 0. The van der Waals surface area contributed by atoms with Gasteiger partial charge in [0.05, 0.1) is 12.1 Å². The Hall–Kier alpha value is -3.03. The molecule has 168 valence electrons. The third-order valence-corrected chi connectivity index (χ3v) is 5.31. The summed E-state index contributed by atoms with van der Waals surface area (Å²) in [5, 5.41) is 13.7. The van der Waals surface area contributed by atoms with Crippen molar-refractivity contribution in [3.05, 3.63) is 90.0 Å². The molecule has 1 aliphatic rings. The van der Waals surface area contributed by atoms with Crippen molar-refractivity contribution in [3.8, 4) is 17.2 Å². The van der Waals surface area contributed by atoms with Gasteiger partial charge in [0, 0.05) is 6.54 Å². The number of aliphatic hydroxyl groups is 1. The van der Waals surface area contributed by atoms with E-state index in [9.17, 15) is 18.3 Å². The zero-order chi connectivity index (χ0) is 22.6. The molecule has 3 aromatic carbocycles. The van der Waals surface area contributed by atoms with Gasteiger partial charge in [-0.1, -0.05) is 42.5 Å². The molecule has 1 fully saturated rings. The van der Waals surface area contributed by atoms with Crippen molar-refractivity contribution in [1.82, 2.24) is 5.32 Å². The summed E-state index contributed by atoms with van der Waals surface area (Å²) in [6, 6.07) is 22.3. The summed E-state index contributed by atoms with van der Waals surface area (Å²) in [6.07, 6.45) is -3.18. The molecule has 0 saturated heterocycles. The van der Waals surface area contributed by atoms with E-state index in [0.29, 0.717) is 24.0 Å². The summed E-state index contributed by atoms with van der Waals surface area (Å²) in [6.45, 7) is 0.375. The van der Waals surface area contributed by atoms with Gasteiger partial charge in [0.2, 0.25) is 0 Å². The van der Waals surface area contributed by atoms with Gasteiger partial charge in [-0.15, -0.1) is 13.2 Å². The van der Waals surface area contributed by atoms with Gasteiger partial charge in [0.1, 0.15) is 17.2 Å². The molecular weight excluding hydrogens is 419 g/mol. The molecule has 4 rings (SSSR count). The second kappa shape index (κ2) is 9.63. The van der Waals surface area contributed by atoms with Gasteiger partial charge in [0.15, 0.2) is 0 Å². The highest BCUT2D eigenvalue weighted by atomic mass is 19.4. The Balaban J connectivity index is 1.57. The molecule has 3 aromatic rings. The largest absolute Gasteiger partial charge is 0.573 e. The second-order valence-corrected chi connectivity index (χ2v) is 7.85. The number of aliphatic hydroxyl groups excluding tert-OH is 1. The quantitative estimate of drug-likeness (QED) is 0.437. The van der Waals surface area contributed by atoms with Crippen molar-refractivity contribution >= 4 is 0 Å². The van der Waals surface area contributed by atoms with Crippen molar-refractivity contribution < 1.29 is 27.8 Å². The molecule has 0 bridgehead atoms. The Kier molecular flexibility index (Phi) is 6.67. The SMILES string of the molecule is OC(CNC(c1ccc(OC(F)(F)F)cc1)c1cccc(Oc2ccccc2)c1)C1CC1. The number of alkyl halides is 3. The summed E-state index contributed by atoms with van der Waals surface area (Å²) in [5.74, 6) is 1.37. The molecule has 0 heterocycles. The highest BCUT2D eigenvalue weighted by Crippen LogP contribution is 2.34. The lowest BCUT2D eigenvalue weighted by Crippen LogP contribution is -2.32. The van der Waals surface area contributed by atoms with Gasteiger partial charge >= 0.3 is 6.36 Å². The van der Waals surface area contributed by atoms with Gasteiger partial charge in [-0.05, 0) is 66.3 Å². The number of nitrogens with one attached hydrogen (secondary N) is 1. The molecule has 32 heavy (non-hydrogen) atoms. The molecule has 1 saturated carbocycles. The van der Waals surface area contributed by atoms with Crippen LogP contribution in [0.25, 0.3) is 0 Å². The van der Waals surface area contributed by atoms with E-state index in [1.807, 2.05) is 54.6 Å². The molecule has 0 aliphatic heterocycles. The van der Waals surface area contributed by atoms with E-state index in [1.54, 1.807) is 12.1 Å². The van der Waals surface area contributed by atoms with E-state index in [1.165, 1.54) is 12.1 Å². The van der Waals surface area contributed by atoms with Crippen molar-refractivity contribution in [3.63, 3.8) is 0 Å². The van der Waals surface area contributed by atoms with Crippen LogP contribution in [-0.4, -0.2) is 24.1 Å². The zero-order valence-corrected chi connectivity index (χ0v) is 17.3. The molecule has 0 spiro atoms. The van der Waals surface area contributed by atoms with Gasteiger partial charge in [0.25, 0.3) is 0 Å². The van der Waals surface area contributed by atoms with Crippen molar-refractivity contribution in [2.45, 2.75) is 31.3 Å². The number of para-hydroxylation sites is 1. The topological polar surface area (TPSA) is 50.7 Å². The lowest BCUT2D eigenvalue weighted by Gasteiger charge is -2.23. The molecule has 2 unspecified atom stereocenters. The Labute approximate surface area is 184 Å². The van der Waals surface area contributed by atoms with E-state index < -0.39 is 12.5 Å². The number of rotatable bonds is 9. The maximum absolute atomic E-state index is 12.5. The first kappa shape index (κ1) is 22.2. The average molecular weight is 443 g/mol. The lowest BCUT2D eigenvalue weighted by atomic mass is 9.98. The Morgan fingerprint density at radius 2 is 1.53 bits per heavy atom. The minimum atomic E-state index is -4.74. The number of benzene rings is 3. The van der Waals surface area contributed by atoms with E-state index in [2.05, 4.69) is 10.1 Å². The highest BCUT2D eigenvalue weighted by Gasteiger charge is 2.32. The minimum absolute atomic E-state index is 0.279. The molecule has 2 atom stereocenters. The molecule has 2 N–H and O–H groups in total. The Bertz CT molecular complexity index is 1000. The first-order valence-electron chi connectivity index (χ1n) is 10.5. The fraction of sp³-hybridized carbons (Fsp3) is 0.280. The van der Waals surface area contributed by atoms with Crippen molar-refractivity contribution in [2.24, 2.45) is 5.92 Å². The smallest absolute Gasteiger partial charge is 0.457 e. The summed E-state index contributed by atoms with van der Waals surface area (Å²) < 4.78 is 47.4. The molecule has 0 aromatic heterocycles. The third-order valence-electron chi connectivity index (χ3n) is 5.31. The van der Waals surface area contributed by atoms with Crippen LogP contribution in [0.15, 0.2) is 78.9 Å². The highest BCUT2D eigenvalue weighted by molar-refractivity contribution is 5.40. The van der Waals surface area contributed by atoms with Crippen LogP contribution in [0.4, 0.5) is 13.2 Å². The van der Waals surface area contributed by atoms with E-state index in [4.69, 9.17) is 4.74 Å². The van der Waals surface area contributed by atoms with Gasteiger partial charge in [-0.25, -0.2) is 0 Å². The molecular formula is C25H24F3NO3. The first-order chi connectivity index (χ1) is 15.4. The number of hydrogen-bond acceptors (Lipinski definition) is 4. The fourth-order valence-electron chi connectivity index (χ4n) is 3.56. The van der Waals surface area contributed by atoms with Crippen LogP contribution in [0.3, 0.4) is 0 Å². The average Bonchev–Trinajstić information content (AvgIpc) is 3.60. The maximum Gasteiger partial charge on any atom is 0.573 e. The molecule has 4 nitrogen and oxygen atoms in total. The van der Waals surface area contributed by atoms with E-state index in [-0.39, 0.29) is 11.8 Å². The second-order valence-electron chi connectivity index (χ2n) is 7.85. The molecule has 1 aliphatic carbocycles. The van der Waals surface area contributed by atoms with Gasteiger partial charge in [-0.3, -0.25) is 0 Å². The third kappa shape index (κ3) is 6.24. The molecule has 7 heteroatoms. The molecule has 0 radical (unpaired) electrons. The minimum Gasteiger partial charge on any atom is -0.457 e. The predicted octanol–water partition coefficient (Wildman–Crippen LogP) is 5.83. The van der Waals surface area contributed by atoms with E-state index >= 15 is 0 Å². The number of hydrogen-bond donors (Lipinski definition) is 2.